The van der Waals surface area contributed by atoms with Crippen LogP contribution in [0.25, 0.3) is 0 Å². The maximum atomic E-state index is 10.5. The molecule has 6 nitrogen and oxygen atoms in total. The van der Waals surface area contributed by atoms with Crippen molar-refractivity contribution in [3.05, 3.63) is 48.0 Å². The molecule has 2 unspecified atom stereocenters. The molecule has 0 fully saturated rings. The minimum Gasteiger partial charge on any atom is -1.00 e. The van der Waals surface area contributed by atoms with Crippen molar-refractivity contribution in [3.8, 4) is 23.0 Å². The third-order valence-corrected chi connectivity index (χ3v) is 4.67. The number of rotatable bonds is 11. The molecule has 0 heterocycles. The van der Waals surface area contributed by atoms with Crippen LogP contribution in [-0.4, -0.2) is 51.7 Å². The van der Waals surface area contributed by atoms with Gasteiger partial charge in [0.25, 0.3) is 0 Å². The van der Waals surface area contributed by atoms with Crippen LogP contribution in [0, 0.1) is 0 Å². The van der Waals surface area contributed by atoms with Crippen LogP contribution in [0.1, 0.15) is 19.4 Å². The summed E-state index contributed by atoms with van der Waals surface area (Å²) in [6.45, 7) is 5.95. The average Bonchev–Trinajstić information content (AvgIpc) is 2.71. The van der Waals surface area contributed by atoms with Gasteiger partial charge in [-0.1, -0.05) is 30.3 Å². The number of quaternary nitrogens is 1. The van der Waals surface area contributed by atoms with Gasteiger partial charge in [0.1, 0.15) is 31.5 Å². The number of hydrogen-bond acceptors (Lipinski definition) is 5. The lowest BCUT2D eigenvalue weighted by molar-refractivity contribution is -0.937. The Labute approximate surface area is 179 Å². The van der Waals surface area contributed by atoms with Gasteiger partial charge in [-0.25, -0.2) is 0 Å². The molecule has 29 heavy (non-hydrogen) atoms. The van der Waals surface area contributed by atoms with E-state index in [1.165, 1.54) is 10.5 Å². The highest BCUT2D eigenvalue weighted by atomic mass is 35.5. The molecule has 0 radical (unpaired) electrons. The SMILES string of the molecule is COc1cc(OCC(O)C[NH+](Cc2ccccc2)C(C)C)cc(OC)c1OC.[Cl-]. The fraction of sp³-hybridized carbons (Fsp3) is 0.455. The van der Waals surface area contributed by atoms with Gasteiger partial charge >= 0.3 is 0 Å². The molecule has 2 atom stereocenters. The summed E-state index contributed by atoms with van der Waals surface area (Å²) in [5, 5.41) is 10.5. The normalized spacial score (nSPS) is 12.7. The average molecular weight is 426 g/mol. The van der Waals surface area contributed by atoms with Crippen LogP contribution in [0.2, 0.25) is 0 Å². The van der Waals surface area contributed by atoms with E-state index in [2.05, 4.69) is 26.0 Å². The van der Waals surface area contributed by atoms with E-state index in [1.807, 2.05) is 18.2 Å². The van der Waals surface area contributed by atoms with E-state index in [9.17, 15) is 5.11 Å². The highest BCUT2D eigenvalue weighted by Crippen LogP contribution is 2.40. The number of benzene rings is 2. The Morgan fingerprint density at radius 2 is 1.52 bits per heavy atom. The number of ether oxygens (including phenoxy) is 4. The molecular weight excluding hydrogens is 394 g/mol. The van der Waals surface area contributed by atoms with Gasteiger partial charge in [-0.2, -0.15) is 0 Å². The molecule has 7 heteroatoms. The molecule has 0 saturated heterocycles. The fourth-order valence-electron chi connectivity index (χ4n) is 3.06. The van der Waals surface area contributed by atoms with E-state index in [0.29, 0.717) is 35.6 Å². The third kappa shape index (κ3) is 7.31. The maximum absolute atomic E-state index is 10.5. The molecule has 0 amide bonds. The van der Waals surface area contributed by atoms with E-state index >= 15 is 0 Å². The maximum Gasteiger partial charge on any atom is 0.203 e. The number of halogens is 1. The van der Waals surface area contributed by atoms with E-state index in [1.54, 1.807) is 33.5 Å². The van der Waals surface area contributed by atoms with Crippen molar-refractivity contribution in [1.29, 1.82) is 0 Å². The zero-order valence-electron chi connectivity index (χ0n) is 17.8. The van der Waals surface area contributed by atoms with Crippen molar-refractivity contribution in [3.63, 3.8) is 0 Å². The Hall–Kier alpha value is -2.15. The predicted molar refractivity (Wildman–Crippen MR) is 109 cm³/mol. The Kier molecular flexibility index (Phi) is 10.7. The Balaban J connectivity index is 0.00000420. The standard InChI is InChI=1S/C22H31NO5.ClH/c1-16(2)23(13-17-9-7-6-8-10-17)14-18(24)15-28-19-11-20(25-3)22(27-5)21(12-19)26-4;/h6-12,16,18,24H,13-15H2,1-5H3;1H. The zero-order chi connectivity index (χ0) is 20.5. The first-order chi connectivity index (χ1) is 13.5. The van der Waals surface area contributed by atoms with E-state index < -0.39 is 6.10 Å². The lowest BCUT2D eigenvalue weighted by Gasteiger charge is -2.26. The summed E-state index contributed by atoms with van der Waals surface area (Å²) in [6, 6.07) is 14.2. The molecule has 2 aromatic rings. The summed E-state index contributed by atoms with van der Waals surface area (Å²) in [4.78, 5) is 1.30. The smallest absolute Gasteiger partial charge is 0.203 e. The molecule has 0 spiro atoms. The van der Waals surface area contributed by atoms with Gasteiger partial charge in [0, 0.05) is 17.7 Å². The van der Waals surface area contributed by atoms with Crippen LogP contribution >= 0.6 is 0 Å². The van der Waals surface area contributed by atoms with Gasteiger partial charge in [0.2, 0.25) is 5.75 Å². The molecule has 2 aromatic carbocycles. The van der Waals surface area contributed by atoms with Crippen LogP contribution in [0.5, 0.6) is 23.0 Å². The van der Waals surface area contributed by atoms with Crippen molar-refractivity contribution in [2.24, 2.45) is 0 Å². The number of aliphatic hydroxyl groups is 1. The largest absolute Gasteiger partial charge is 1.00 e. The number of methoxy groups -OCH3 is 3. The molecule has 0 aromatic heterocycles. The van der Waals surface area contributed by atoms with Crippen molar-refractivity contribution >= 4 is 0 Å². The van der Waals surface area contributed by atoms with Crippen LogP contribution in [0.4, 0.5) is 0 Å². The quantitative estimate of drug-likeness (QED) is 0.481. The molecule has 0 aliphatic heterocycles. The highest BCUT2D eigenvalue weighted by molar-refractivity contribution is 5.55. The van der Waals surface area contributed by atoms with Gasteiger partial charge in [-0.15, -0.1) is 0 Å². The second-order valence-corrected chi connectivity index (χ2v) is 7.01. The van der Waals surface area contributed by atoms with Gasteiger partial charge in [0.15, 0.2) is 11.5 Å². The summed E-state index contributed by atoms with van der Waals surface area (Å²) < 4.78 is 21.8. The van der Waals surface area contributed by atoms with Gasteiger partial charge in [0.05, 0.1) is 27.4 Å². The first-order valence-corrected chi connectivity index (χ1v) is 9.47. The third-order valence-electron chi connectivity index (χ3n) is 4.67. The number of nitrogens with one attached hydrogen (secondary N) is 1. The second kappa shape index (κ2) is 12.4. The van der Waals surface area contributed by atoms with Gasteiger partial charge in [-0.05, 0) is 13.8 Å². The molecule has 0 bridgehead atoms. The van der Waals surface area contributed by atoms with E-state index in [0.717, 1.165) is 6.54 Å². The number of aliphatic hydroxyl groups excluding tert-OH is 1. The molecule has 2 N–H and O–H groups in total. The monoisotopic (exact) mass is 425 g/mol. The van der Waals surface area contributed by atoms with Gasteiger partial charge in [-0.3, -0.25) is 0 Å². The number of hydrogen-bond donors (Lipinski definition) is 2. The molecule has 0 saturated carbocycles. The molecular formula is C22H32ClNO5. The summed E-state index contributed by atoms with van der Waals surface area (Å²) in [6.07, 6.45) is -0.597. The Morgan fingerprint density at radius 3 is 2.00 bits per heavy atom. The van der Waals surface area contributed by atoms with Crippen LogP contribution in [0.3, 0.4) is 0 Å². The Morgan fingerprint density at radius 1 is 0.931 bits per heavy atom. The summed E-state index contributed by atoms with van der Waals surface area (Å²) in [5.74, 6) is 2.11. The van der Waals surface area contributed by atoms with Crippen LogP contribution in [0.15, 0.2) is 42.5 Å². The van der Waals surface area contributed by atoms with Crippen molar-refractivity contribution in [2.45, 2.75) is 32.5 Å². The second-order valence-electron chi connectivity index (χ2n) is 7.01. The topological polar surface area (TPSA) is 61.6 Å². The minimum atomic E-state index is -0.597. The van der Waals surface area contributed by atoms with Crippen LogP contribution in [-0.2, 0) is 6.54 Å². The summed E-state index contributed by atoms with van der Waals surface area (Å²) >= 11 is 0. The predicted octanol–water partition coefficient (Wildman–Crippen LogP) is -1.05. The Bertz CT molecular complexity index is 701. The molecule has 2 rings (SSSR count). The first-order valence-electron chi connectivity index (χ1n) is 9.47. The molecule has 0 aliphatic rings. The minimum absolute atomic E-state index is 0. The lowest BCUT2D eigenvalue weighted by atomic mass is 10.1. The zero-order valence-corrected chi connectivity index (χ0v) is 18.5. The summed E-state index contributed by atoms with van der Waals surface area (Å²) in [7, 11) is 4.67. The van der Waals surface area contributed by atoms with Crippen LogP contribution < -0.4 is 36.3 Å². The van der Waals surface area contributed by atoms with E-state index in [-0.39, 0.29) is 19.0 Å². The van der Waals surface area contributed by atoms with E-state index in [4.69, 9.17) is 18.9 Å². The molecule has 0 aliphatic carbocycles. The van der Waals surface area contributed by atoms with Gasteiger partial charge < -0.3 is 41.4 Å². The van der Waals surface area contributed by atoms with Crippen molar-refractivity contribution < 1.29 is 41.4 Å². The summed E-state index contributed by atoms with van der Waals surface area (Å²) in [5.41, 5.74) is 1.25. The van der Waals surface area contributed by atoms with Crippen molar-refractivity contribution in [1.82, 2.24) is 0 Å². The fourth-order valence-corrected chi connectivity index (χ4v) is 3.06. The molecule has 162 valence electrons. The van der Waals surface area contributed by atoms with Crippen molar-refractivity contribution in [2.75, 3.05) is 34.5 Å². The first kappa shape index (κ1) is 24.9. The lowest BCUT2D eigenvalue weighted by Crippen LogP contribution is -3.14. The highest BCUT2D eigenvalue weighted by Gasteiger charge is 2.20.